The van der Waals surface area contributed by atoms with E-state index in [0.29, 0.717) is 22.5 Å². The van der Waals surface area contributed by atoms with Gasteiger partial charge in [-0.2, -0.15) is 0 Å². The molecule has 0 spiro atoms. The van der Waals surface area contributed by atoms with Gasteiger partial charge >= 0.3 is 0 Å². The molecule has 1 N–H and O–H groups in total. The van der Waals surface area contributed by atoms with Crippen molar-refractivity contribution in [1.82, 2.24) is 20.2 Å². The number of hydrogen-bond acceptors (Lipinski definition) is 8. The Bertz CT molecular complexity index is 1660. The molecule has 0 amide bonds. The van der Waals surface area contributed by atoms with Crippen LogP contribution in [-0.2, 0) is 4.74 Å². The van der Waals surface area contributed by atoms with Crippen LogP contribution in [0.2, 0.25) is 5.02 Å². The van der Waals surface area contributed by atoms with E-state index in [1.165, 1.54) is 25.6 Å². The number of benzene rings is 2. The lowest BCUT2D eigenvalue weighted by molar-refractivity contribution is -0.0253. The van der Waals surface area contributed by atoms with Gasteiger partial charge in [0.15, 0.2) is 0 Å². The van der Waals surface area contributed by atoms with Crippen molar-refractivity contribution >= 4 is 91.0 Å². The van der Waals surface area contributed by atoms with Crippen molar-refractivity contribution < 1.29 is 19.0 Å². The van der Waals surface area contributed by atoms with E-state index in [0.717, 1.165) is 5.69 Å². The molecular weight excluding hydrogens is 547 g/mol. The maximum Gasteiger partial charge on any atom is 0.233 e. The molecule has 0 bridgehead atoms. The molecule has 18 heteroatoms. The first kappa shape index (κ1) is 30.6. The molecule has 1 atom stereocenters. The number of morpholine rings is 1. The number of aromatic nitrogens is 4. The minimum absolute atomic E-state index is 0.0593. The summed E-state index contributed by atoms with van der Waals surface area (Å²) in [6.45, 7) is 0. The summed E-state index contributed by atoms with van der Waals surface area (Å²) in [7, 11) is 18.7. The summed E-state index contributed by atoms with van der Waals surface area (Å²) in [5.41, 5.74) is 2.72. The van der Waals surface area contributed by atoms with E-state index < -0.39 is 22.7 Å². The maximum atomic E-state index is 15.5. The number of ether oxygens (including phenoxy) is 2. The highest BCUT2D eigenvalue weighted by atomic mass is 35.5. The number of halogens is 2. The van der Waals surface area contributed by atoms with Crippen molar-refractivity contribution in [1.29, 1.82) is 0 Å². The van der Waals surface area contributed by atoms with Gasteiger partial charge < -0.3 is 19.5 Å². The van der Waals surface area contributed by atoms with Crippen molar-refractivity contribution in [2.45, 2.75) is 27.6 Å². The van der Waals surface area contributed by atoms with Gasteiger partial charge in [0.05, 0.1) is 24.0 Å². The number of hydrogen-bond donors (Lipinski definition) is 1. The van der Waals surface area contributed by atoms with Gasteiger partial charge in [-0.3, -0.25) is 0 Å². The normalized spacial score (nSPS) is 19.3. The molecule has 8 nitrogen and oxygen atoms in total. The molecule has 3 heterocycles. The topological polar surface area (TPSA) is 93.5 Å². The monoisotopic (exact) mass is 577 g/mol. The lowest BCUT2D eigenvalue weighted by Gasteiger charge is -2.69. The third-order valence-electron chi connectivity index (χ3n) is 9.24. The Hall–Kier alpha value is -2.88. The molecule has 206 valence electrons. The van der Waals surface area contributed by atoms with Gasteiger partial charge in [0.2, 0.25) is 5.88 Å². The average molecular weight is 576 g/mol. The Labute approximate surface area is 257 Å². The van der Waals surface area contributed by atoms with Crippen molar-refractivity contribution in [3.8, 4) is 17.1 Å². The summed E-state index contributed by atoms with van der Waals surface area (Å²) in [6.07, 6.45) is 0.178. The van der Waals surface area contributed by atoms with Crippen LogP contribution in [0.1, 0.15) is 17.4 Å². The highest BCUT2D eigenvalue weighted by molar-refractivity contribution is 6.61. The Morgan fingerprint density at radius 3 is 2.19 bits per heavy atom. The molecule has 1 saturated heterocycles. The zero-order valence-corrected chi connectivity index (χ0v) is 26.2. The zero-order chi connectivity index (χ0) is 30.8. The number of anilines is 1. The molecule has 2 aromatic heterocycles. The number of aliphatic hydroxyl groups excluding tert-OH is 1. The van der Waals surface area contributed by atoms with Gasteiger partial charge in [-0.25, -0.2) is 14.4 Å². The first-order valence-corrected chi connectivity index (χ1v) is 14.2. The van der Waals surface area contributed by atoms with Crippen LogP contribution in [0.4, 0.5) is 10.1 Å². The Kier molecular flexibility index (Phi) is 7.56. The fourth-order valence-corrected chi connectivity index (χ4v) is 6.12. The highest BCUT2D eigenvalue weighted by Crippen LogP contribution is 2.44. The van der Waals surface area contributed by atoms with E-state index in [1.54, 1.807) is 12.1 Å². The molecule has 0 aliphatic carbocycles. The number of methoxy groups -OCH3 is 1. The van der Waals surface area contributed by atoms with E-state index in [2.05, 4.69) is 87.8 Å². The van der Waals surface area contributed by atoms with Gasteiger partial charge in [0.1, 0.15) is 81.0 Å². The fourth-order valence-electron chi connectivity index (χ4n) is 5.87. The van der Waals surface area contributed by atoms with Crippen molar-refractivity contribution in [2.24, 2.45) is 0 Å². The Balaban J connectivity index is 1.62. The molecule has 2 aromatic carbocycles. The number of fused-ring (bicyclic) bond motifs is 1. The molecule has 5 rings (SSSR count). The molecule has 0 radical (unpaired) electrons. The molecular formula is C24H29B8ClFN5O3. The second-order valence-corrected chi connectivity index (χ2v) is 13.2. The van der Waals surface area contributed by atoms with Gasteiger partial charge in [0, 0.05) is 44.1 Å². The summed E-state index contributed by atoms with van der Waals surface area (Å²) >= 11 is 6.40. The average Bonchev–Trinajstić information content (AvgIpc) is 2.91. The summed E-state index contributed by atoms with van der Waals surface area (Å²) < 4.78 is 27.2. The minimum atomic E-state index is -1.24. The van der Waals surface area contributed by atoms with Gasteiger partial charge in [0.25, 0.3) is 0 Å². The minimum Gasteiger partial charge on any atom is -0.480 e. The third-order valence-corrected chi connectivity index (χ3v) is 9.57. The summed E-state index contributed by atoms with van der Waals surface area (Å²) in [6, 6.07) is 11.8. The van der Waals surface area contributed by atoms with E-state index in [1.807, 2.05) is 18.2 Å². The van der Waals surface area contributed by atoms with Crippen molar-refractivity contribution in [2.75, 3.05) is 12.0 Å². The molecule has 1 aliphatic rings. The standard InChI is InChI=1S/C24H29B8ClFN5O3/c1-41-18-5-4-16(37-38-18)20(40)12-7-13(15(34)8-14(12)33)19-11-3-2-10(6-17(11)35-9-36-19)39-21(25,26)23(29,30)42-24(31,32)22(39,27)28/h2-9,20,40H,25-32H2,1H3. The third kappa shape index (κ3) is 4.83. The van der Waals surface area contributed by atoms with Crippen LogP contribution in [0.3, 0.4) is 0 Å². The molecule has 1 fully saturated rings. The van der Waals surface area contributed by atoms with Gasteiger partial charge in [-0.05, 0) is 47.1 Å². The van der Waals surface area contributed by atoms with Crippen molar-refractivity contribution in [3.05, 3.63) is 70.9 Å². The van der Waals surface area contributed by atoms with Crippen LogP contribution in [0.5, 0.6) is 5.88 Å². The molecule has 1 unspecified atom stereocenters. The van der Waals surface area contributed by atoms with E-state index in [4.69, 9.17) is 21.1 Å². The van der Waals surface area contributed by atoms with Crippen LogP contribution in [0, 0.1) is 5.82 Å². The van der Waals surface area contributed by atoms with Crippen LogP contribution in [0.25, 0.3) is 22.2 Å². The van der Waals surface area contributed by atoms with Crippen LogP contribution in [-0.4, -0.2) is 117 Å². The number of aliphatic hydroxyl groups is 1. The second kappa shape index (κ2) is 10.4. The Morgan fingerprint density at radius 1 is 0.929 bits per heavy atom. The zero-order valence-electron chi connectivity index (χ0n) is 25.5. The highest BCUT2D eigenvalue weighted by Gasteiger charge is 2.58. The summed E-state index contributed by atoms with van der Waals surface area (Å²) in [5, 5.41) is 18.0. The van der Waals surface area contributed by atoms with Crippen LogP contribution in [0.15, 0.2) is 48.8 Å². The second-order valence-electron chi connectivity index (χ2n) is 12.8. The maximum absolute atomic E-state index is 15.5. The fraction of sp³-hybridized carbons (Fsp3) is 0.250. The molecule has 42 heavy (non-hydrogen) atoms. The largest absolute Gasteiger partial charge is 0.480 e. The van der Waals surface area contributed by atoms with Crippen LogP contribution >= 0.6 is 11.6 Å². The number of rotatable bonds is 5. The van der Waals surface area contributed by atoms with E-state index in [-0.39, 0.29) is 32.5 Å². The van der Waals surface area contributed by atoms with E-state index in [9.17, 15) is 5.11 Å². The summed E-state index contributed by atoms with van der Waals surface area (Å²) in [5.74, 6) is -0.264. The lowest BCUT2D eigenvalue weighted by atomic mass is 9.30. The smallest absolute Gasteiger partial charge is 0.233 e. The molecule has 1 aliphatic heterocycles. The molecule has 4 aromatic rings. The number of nitrogens with zero attached hydrogens (tertiary/aromatic N) is 5. The van der Waals surface area contributed by atoms with Crippen molar-refractivity contribution in [3.63, 3.8) is 0 Å². The summed E-state index contributed by atoms with van der Waals surface area (Å²) in [4.78, 5) is 11.4. The predicted molar refractivity (Wildman–Crippen MR) is 185 cm³/mol. The lowest BCUT2D eigenvalue weighted by Crippen LogP contribution is -2.86. The SMILES string of the molecule is BC1(B)OC(B)(B)C(B)(B)N(c2ccc3c(-c4cc(C(O)c5ccc(OC)nn5)c(Cl)cc4F)ncnc3c2)C1(B)B. The first-order chi connectivity index (χ1) is 19.5. The first-order valence-electron chi connectivity index (χ1n) is 13.8. The van der Waals surface area contributed by atoms with E-state index >= 15 is 4.39 Å². The quantitative estimate of drug-likeness (QED) is 0.238. The molecule has 0 saturated carbocycles. The van der Waals surface area contributed by atoms with Gasteiger partial charge in [-0.15, -0.1) is 10.2 Å². The predicted octanol–water partition coefficient (Wildman–Crippen LogP) is -4.51. The Morgan fingerprint density at radius 2 is 1.60 bits per heavy atom. The van der Waals surface area contributed by atoms with Gasteiger partial charge in [-0.1, -0.05) is 11.6 Å². The van der Waals surface area contributed by atoms with Crippen LogP contribution < -0.4 is 9.64 Å².